The summed E-state index contributed by atoms with van der Waals surface area (Å²) >= 11 is 0. The third-order valence-corrected chi connectivity index (χ3v) is 5.54. The van der Waals surface area contributed by atoms with E-state index in [1.807, 2.05) is 36.1 Å². The fourth-order valence-electron chi connectivity index (χ4n) is 4.00. The molecule has 1 spiro atoms. The zero-order valence-corrected chi connectivity index (χ0v) is 15.6. The Kier molecular flexibility index (Phi) is 5.18. The van der Waals surface area contributed by atoms with Crippen LogP contribution in [0.5, 0.6) is 0 Å². The zero-order valence-electron chi connectivity index (χ0n) is 15.6. The second-order valence-corrected chi connectivity index (χ2v) is 7.42. The van der Waals surface area contributed by atoms with Crippen LogP contribution in [0.15, 0.2) is 42.7 Å². The Hall–Kier alpha value is -2.31. The average Bonchev–Trinajstić information content (AvgIpc) is 3.08. The van der Waals surface area contributed by atoms with Crippen molar-refractivity contribution in [1.29, 1.82) is 0 Å². The molecule has 2 aromatic heterocycles. The first-order chi connectivity index (χ1) is 13.2. The maximum Gasteiger partial charge on any atom is 0.272 e. The number of carbonyl (C=O) groups is 1. The molecular weight excluding hydrogens is 342 g/mol. The molecule has 0 saturated carbocycles. The molecule has 4 rings (SSSR count). The molecule has 142 valence electrons. The van der Waals surface area contributed by atoms with Crippen molar-refractivity contribution < 1.29 is 14.3 Å². The Morgan fingerprint density at radius 2 is 2.11 bits per heavy atom. The van der Waals surface area contributed by atoms with Crippen LogP contribution >= 0.6 is 0 Å². The van der Waals surface area contributed by atoms with Crippen LogP contribution in [0.1, 0.15) is 34.6 Å². The van der Waals surface area contributed by atoms with Crippen LogP contribution in [0.2, 0.25) is 0 Å². The number of hydrogen-bond donors (Lipinski definition) is 0. The highest BCUT2D eigenvalue weighted by Gasteiger charge is 2.54. The molecule has 0 aliphatic carbocycles. The average molecular weight is 367 g/mol. The number of pyridine rings is 2. The first-order valence-corrected chi connectivity index (χ1v) is 9.50. The number of amides is 1. The Balaban J connectivity index is 1.27. The van der Waals surface area contributed by atoms with Gasteiger partial charge in [-0.3, -0.25) is 9.78 Å². The molecule has 1 amide bonds. The van der Waals surface area contributed by atoms with Gasteiger partial charge in [0.15, 0.2) is 0 Å². The van der Waals surface area contributed by atoms with E-state index in [1.54, 1.807) is 18.5 Å². The summed E-state index contributed by atoms with van der Waals surface area (Å²) in [6, 6.07) is 9.49. The van der Waals surface area contributed by atoms with E-state index in [2.05, 4.69) is 9.97 Å². The van der Waals surface area contributed by atoms with Crippen LogP contribution in [0.25, 0.3) is 0 Å². The molecule has 0 radical (unpaired) electrons. The minimum absolute atomic E-state index is 0.00693. The van der Waals surface area contributed by atoms with Gasteiger partial charge in [-0.05, 0) is 55.5 Å². The molecule has 27 heavy (non-hydrogen) atoms. The third kappa shape index (κ3) is 3.87. The van der Waals surface area contributed by atoms with Crippen molar-refractivity contribution in [2.45, 2.75) is 32.0 Å². The van der Waals surface area contributed by atoms with E-state index in [1.165, 1.54) is 0 Å². The van der Waals surface area contributed by atoms with Crippen molar-refractivity contribution in [2.75, 3.05) is 26.3 Å². The molecular formula is C21H25N3O3. The molecule has 0 N–H and O–H groups in total. The topological polar surface area (TPSA) is 64.6 Å². The van der Waals surface area contributed by atoms with Crippen LogP contribution in [0.4, 0.5) is 0 Å². The Morgan fingerprint density at radius 1 is 1.30 bits per heavy atom. The zero-order chi connectivity index (χ0) is 18.7. The number of aryl methyl sites for hydroxylation is 1. The van der Waals surface area contributed by atoms with Gasteiger partial charge in [0.05, 0.1) is 19.7 Å². The normalized spacial score (nSPS) is 20.6. The summed E-state index contributed by atoms with van der Waals surface area (Å²) in [5.74, 6) is 0.428. The molecule has 0 aromatic carbocycles. The molecule has 2 fully saturated rings. The van der Waals surface area contributed by atoms with Gasteiger partial charge in [-0.25, -0.2) is 4.98 Å². The SMILES string of the molecule is Cc1cccc(C(=O)N2CC3(C2)OCCC3CCOCc2ccncc2)n1. The van der Waals surface area contributed by atoms with Gasteiger partial charge >= 0.3 is 0 Å². The highest BCUT2D eigenvalue weighted by atomic mass is 16.5. The quantitative estimate of drug-likeness (QED) is 0.735. The van der Waals surface area contributed by atoms with E-state index in [9.17, 15) is 4.79 Å². The fraction of sp³-hybridized carbons (Fsp3) is 0.476. The summed E-state index contributed by atoms with van der Waals surface area (Å²) in [6.07, 6.45) is 5.54. The summed E-state index contributed by atoms with van der Waals surface area (Å²) in [5.41, 5.74) is 2.31. The largest absolute Gasteiger partial charge is 0.377 e. The maximum absolute atomic E-state index is 12.6. The maximum atomic E-state index is 12.6. The van der Waals surface area contributed by atoms with Crippen molar-refractivity contribution in [3.63, 3.8) is 0 Å². The van der Waals surface area contributed by atoms with E-state index in [4.69, 9.17) is 9.47 Å². The summed E-state index contributed by atoms with van der Waals surface area (Å²) in [4.78, 5) is 22.8. The third-order valence-electron chi connectivity index (χ3n) is 5.54. The van der Waals surface area contributed by atoms with Crippen LogP contribution in [0, 0.1) is 12.8 Å². The number of hydrogen-bond acceptors (Lipinski definition) is 5. The first-order valence-electron chi connectivity index (χ1n) is 9.50. The number of nitrogens with zero attached hydrogens (tertiary/aromatic N) is 3. The van der Waals surface area contributed by atoms with Crippen LogP contribution < -0.4 is 0 Å². The molecule has 2 saturated heterocycles. The van der Waals surface area contributed by atoms with Gasteiger partial charge in [-0.1, -0.05) is 6.07 Å². The van der Waals surface area contributed by atoms with Crippen molar-refractivity contribution in [2.24, 2.45) is 5.92 Å². The van der Waals surface area contributed by atoms with Crippen molar-refractivity contribution in [3.05, 3.63) is 59.7 Å². The Morgan fingerprint density at radius 3 is 2.89 bits per heavy atom. The second-order valence-electron chi connectivity index (χ2n) is 7.42. The predicted molar refractivity (Wildman–Crippen MR) is 100 cm³/mol. The standard InChI is InChI=1S/C21H25N3O3/c1-16-3-2-4-19(23-16)20(25)24-14-21(15-24)18(8-12-27-21)7-11-26-13-17-5-9-22-10-6-17/h2-6,9-10,18H,7-8,11-15H2,1H3. The number of rotatable bonds is 6. The first kappa shape index (κ1) is 18.1. The van der Waals surface area contributed by atoms with E-state index < -0.39 is 0 Å². The predicted octanol–water partition coefficient (Wildman–Crippen LogP) is 2.62. The minimum Gasteiger partial charge on any atom is -0.377 e. The molecule has 2 aliphatic heterocycles. The Bertz CT molecular complexity index is 790. The smallest absolute Gasteiger partial charge is 0.272 e. The number of ether oxygens (including phenoxy) is 2. The molecule has 6 heteroatoms. The van der Waals surface area contributed by atoms with Gasteiger partial charge in [0.1, 0.15) is 11.3 Å². The lowest BCUT2D eigenvalue weighted by molar-refractivity contribution is -0.120. The number of aromatic nitrogens is 2. The molecule has 2 aliphatic rings. The van der Waals surface area contributed by atoms with Crippen LogP contribution in [-0.2, 0) is 16.1 Å². The summed E-state index contributed by atoms with van der Waals surface area (Å²) in [5, 5.41) is 0. The molecule has 1 atom stereocenters. The lowest BCUT2D eigenvalue weighted by Crippen LogP contribution is -2.66. The second kappa shape index (κ2) is 7.74. The highest BCUT2D eigenvalue weighted by Crippen LogP contribution is 2.42. The van der Waals surface area contributed by atoms with Gasteiger partial charge in [-0.2, -0.15) is 0 Å². The van der Waals surface area contributed by atoms with Crippen molar-refractivity contribution in [3.8, 4) is 0 Å². The molecule has 2 aromatic rings. The number of carbonyl (C=O) groups excluding carboxylic acids is 1. The Labute approximate surface area is 159 Å². The molecule has 0 bridgehead atoms. The van der Waals surface area contributed by atoms with Crippen molar-refractivity contribution in [1.82, 2.24) is 14.9 Å². The van der Waals surface area contributed by atoms with E-state index in [0.29, 0.717) is 37.9 Å². The monoisotopic (exact) mass is 367 g/mol. The van der Waals surface area contributed by atoms with Crippen LogP contribution in [-0.4, -0.2) is 52.7 Å². The van der Waals surface area contributed by atoms with Gasteiger partial charge < -0.3 is 14.4 Å². The number of likely N-dealkylation sites (tertiary alicyclic amines) is 1. The van der Waals surface area contributed by atoms with E-state index in [-0.39, 0.29) is 11.5 Å². The van der Waals surface area contributed by atoms with Gasteiger partial charge in [0, 0.05) is 31.3 Å². The van der Waals surface area contributed by atoms with Gasteiger partial charge in [-0.15, -0.1) is 0 Å². The van der Waals surface area contributed by atoms with Crippen molar-refractivity contribution >= 4 is 5.91 Å². The lowest BCUT2D eigenvalue weighted by Gasteiger charge is -2.50. The summed E-state index contributed by atoms with van der Waals surface area (Å²) in [7, 11) is 0. The van der Waals surface area contributed by atoms with Gasteiger partial charge in [0.25, 0.3) is 5.91 Å². The summed E-state index contributed by atoms with van der Waals surface area (Å²) < 4.78 is 11.9. The van der Waals surface area contributed by atoms with E-state index >= 15 is 0 Å². The van der Waals surface area contributed by atoms with Gasteiger partial charge in [0.2, 0.25) is 0 Å². The molecule has 4 heterocycles. The van der Waals surface area contributed by atoms with Crippen LogP contribution in [0.3, 0.4) is 0 Å². The van der Waals surface area contributed by atoms with E-state index in [0.717, 1.165) is 30.7 Å². The molecule has 1 unspecified atom stereocenters. The minimum atomic E-state index is -0.195. The lowest BCUT2D eigenvalue weighted by atomic mass is 9.79. The summed E-state index contributed by atoms with van der Waals surface area (Å²) in [6.45, 7) is 5.27. The molecule has 6 nitrogen and oxygen atoms in total. The highest BCUT2D eigenvalue weighted by molar-refractivity contribution is 5.93. The fourth-order valence-corrected chi connectivity index (χ4v) is 4.00.